The Morgan fingerprint density at radius 1 is 1.36 bits per heavy atom. The van der Waals surface area contributed by atoms with E-state index in [0.29, 0.717) is 5.82 Å². The number of fused-ring (bicyclic) bond motifs is 1. The van der Waals surface area contributed by atoms with Crippen LogP contribution in [-0.4, -0.2) is 32.4 Å². The molecule has 2 N–H and O–H groups in total. The van der Waals surface area contributed by atoms with Gasteiger partial charge in [0.2, 0.25) is 0 Å². The second-order valence-electron chi connectivity index (χ2n) is 5.27. The van der Waals surface area contributed by atoms with Gasteiger partial charge < -0.3 is 5.32 Å². The number of halogens is 2. The van der Waals surface area contributed by atoms with E-state index >= 15 is 0 Å². The molecule has 22 heavy (non-hydrogen) atoms. The van der Waals surface area contributed by atoms with Gasteiger partial charge in [-0.2, -0.15) is 5.10 Å². The Hall–Kier alpha value is -1.56. The zero-order valence-electron chi connectivity index (χ0n) is 11.9. The number of aromatic amines is 1. The van der Waals surface area contributed by atoms with E-state index in [2.05, 4.69) is 32.5 Å². The van der Waals surface area contributed by atoms with Gasteiger partial charge in [0.05, 0.1) is 5.69 Å². The van der Waals surface area contributed by atoms with Crippen LogP contribution in [-0.2, 0) is 24.3 Å². The van der Waals surface area contributed by atoms with E-state index in [1.54, 1.807) is 0 Å². The van der Waals surface area contributed by atoms with Crippen molar-refractivity contribution < 1.29 is 4.79 Å². The summed E-state index contributed by atoms with van der Waals surface area (Å²) < 4.78 is 0. The maximum Gasteiger partial charge on any atom is 0.258 e. The number of amides is 1. The molecule has 0 fully saturated rings. The maximum absolute atomic E-state index is 11.6. The van der Waals surface area contributed by atoms with Gasteiger partial charge in [-0.05, 0) is 12.0 Å². The van der Waals surface area contributed by atoms with Crippen molar-refractivity contribution in [3.8, 4) is 0 Å². The van der Waals surface area contributed by atoms with Crippen LogP contribution < -0.4 is 5.32 Å². The number of aromatic nitrogens is 2. The lowest BCUT2D eigenvalue weighted by atomic mass is 10.1. The van der Waals surface area contributed by atoms with Crippen LogP contribution in [0.3, 0.4) is 0 Å². The lowest BCUT2D eigenvalue weighted by Gasteiger charge is -2.26. The molecule has 1 aromatic carbocycles. The lowest BCUT2D eigenvalue weighted by Crippen LogP contribution is -2.30. The minimum absolute atomic E-state index is 0.454. The van der Waals surface area contributed by atoms with Gasteiger partial charge in [-0.15, -0.1) is 0 Å². The van der Waals surface area contributed by atoms with Crippen molar-refractivity contribution in [3.05, 3.63) is 47.2 Å². The van der Waals surface area contributed by atoms with Crippen LogP contribution in [0.15, 0.2) is 30.3 Å². The first-order chi connectivity index (χ1) is 10.6. The number of hydrogen-bond acceptors (Lipinski definition) is 3. The molecule has 0 atom stereocenters. The third kappa shape index (κ3) is 3.43. The van der Waals surface area contributed by atoms with Gasteiger partial charge in [-0.1, -0.05) is 53.5 Å². The molecule has 0 spiro atoms. The number of hydrogen-bond donors (Lipinski definition) is 2. The maximum atomic E-state index is 11.6. The normalized spacial score (nSPS) is 14.9. The highest BCUT2D eigenvalue weighted by Gasteiger charge is 2.23. The lowest BCUT2D eigenvalue weighted by molar-refractivity contribution is -0.114. The Labute approximate surface area is 138 Å². The topological polar surface area (TPSA) is 61.0 Å². The van der Waals surface area contributed by atoms with Gasteiger partial charge in [-0.25, -0.2) is 0 Å². The first kappa shape index (κ1) is 15.3. The molecule has 5 nitrogen and oxygen atoms in total. The summed E-state index contributed by atoms with van der Waals surface area (Å²) >= 11 is 11.1. The fourth-order valence-electron chi connectivity index (χ4n) is 2.63. The van der Waals surface area contributed by atoms with Gasteiger partial charge in [0.15, 0.2) is 10.7 Å². The summed E-state index contributed by atoms with van der Waals surface area (Å²) in [5, 5.41) is 9.80. The van der Waals surface area contributed by atoms with Crippen molar-refractivity contribution in [2.24, 2.45) is 0 Å². The molecule has 0 bridgehead atoms. The predicted molar refractivity (Wildman–Crippen MR) is 87.0 cm³/mol. The molecular weight excluding hydrogens is 323 g/mol. The molecule has 7 heteroatoms. The third-order valence-electron chi connectivity index (χ3n) is 3.70. The number of anilines is 1. The molecular formula is C15H16Cl2N4O. The number of H-pyrrole nitrogens is 1. The van der Waals surface area contributed by atoms with Gasteiger partial charge >= 0.3 is 0 Å². The second-order valence-corrected chi connectivity index (χ2v) is 6.36. The summed E-state index contributed by atoms with van der Waals surface area (Å²) in [6.45, 7) is 2.58. The summed E-state index contributed by atoms with van der Waals surface area (Å²) in [4.78, 5) is 12.8. The molecule has 3 rings (SSSR count). The van der Waals surface area contributed by atoms with E-state index in [1.807, 2.05) is 18.2 Å². The number of nitrogens with one attached hydrogen (secondary N) is 2. The van der Waals surface area contributed by atoms with Crippen molar-refractivity contribution in [2.75, 3.05) is 11.9 Å². The Morgan fingerprint density at radius 3 is 2.86 bits per heavy atom. The zero-order valence-corrected chi connectivity index (χ0v) is 13.4. The summed E-state index contributed by atoms with van der Waals surface area (Å²) in [6.07, 6.45) is 0.823. The number of benzene rings is 1. The average Bonchev–Trinajstić information content (AvgIpc) is 2.90. The summed E-state index contributed by atoms with van der Waals surface area (Å²) in [5.41, 5.74) is 3.34. The number of rotatable bonds is 4. The van der Waals surface area contributed by atoms with Crippen molar-refractivity contribution in [3.63, 3.8) is 0 Å². The summed E-state index contributed by atoms with van der Waals surface area (Å²) in [6, 6.07) is 10.3. The molecule has 0 saturated heterocycles. The minimum Gasteiger partial charge on any atom is -0.307 e. The Morgan fingerprint density at radius 2 is 2.14 bits per heavy atom. The first-order valence-corrected chi connectivity index (χ1v) is 7.92. The van der Waals surface area contributed by atoms with Gasteiger partial charge in [-0.3, -0.25) is 14.8 Å². The van der Waals surface area contributed by atoms with E-state index in [1.165, 1.54) is 5.56 Å². The Balaban J connectivity index is 1.67. The van der Waals surface area contributed by atoms with Crippen LogP contribution in [0.4, 0.5) is 5.82 Å². The molecule has 116 valence electrons. The molecule has 1 aliphatic heterocycles. The van der Waals surface area contributed by atoms with E-state index in [4.69, 9.17) is 23.2 Å². The molecule has 1 aliphatic rings. The number of nitrogens with zero attached hydrogens (tertiary/aromatic N) is 2. The van der Waals surface area contributed by atoms with Crippen LogP contribution in [0.1, 0.15) is 16.8 Å². The average molecular weight is 339 g/mol. The van der Waals surface area contributed by atoms with Crippen molar-refractivity contribution in [2.45, 2.75) is 24.3 Å². The van der Waals surface area contributed by atoms with Gasteiger partial charge in [0.1, 0.15) is 0 Å². The van der Waals surface area contributed by atoms with E-state index in [0.717, 1.165) is 37.3 Å². The van der Waals surface area contributed by atoms with Crippen LogP contribution in [0.25, 0.3) is 0 Å². The number of carbonyl (C=O) groups excluding carboxylic acids is 1. The van der Waals surface area contributed by atoms with Gasteiger partial charge in [0.25, 0.3) is 5.91 Å². The Kier molecular flexibility index (Phi) is 4.66. The summed E-state index contributed by atoms with van der Waals surface area (Å²) in [7, 11) is 0. The standard InChI is InChI=1S/C15H16Cl2N4O/c16-13(17)15(22)18-14-11-6-7-21(9-12(11)19-20-14)8-10-4-2-1-3-5-10/h1-5,13H,6-9H2,(H2,18,19,20,22). The van der Waals surface area contributed by atoms with Crippen LogP contribution in [0.5, 0.6) is 0 Å². The van der Waals surface area contributed by atoms with E-state index in [-0.39, 0.29) is 0 Å². The van der Waals surface area contributed by atoms with Crippen molar-refractivity contribution >= 4 is 34.9 Å². The highest BCUT2D eigenvalue weighted by atomic mass is 35.5. The van der Waals surface area contributed by atoms with Crippen LogP contribution in [0.2, 0.25) is 0 Å². The van der Waals surface area contributed by atoms with Crippen molar-refractivity contribution in [1.82, 2.24) is 15.1 Å². The second kappa shape index (κ2) is 6.69. The molecule has 2 heterocycles. The molecule has 0 saturated carbocycles. The fourth-order valence-corrected chi connectivity index (χ4v) is 2.73. The Bertz CT molecular complexity index is 657. The first-order valence-electron chi connectivity index (χ1n) is 7.05. The van der Waals surface area contributed by atoms with E-state index < -0.39 is 10.7 Å². The molecule has 2 aromatic rings. The number of carbonyl (C=O) groups is 1. The third-order valence-corrected chi connectivity index (χ3v) is 4.10. The highest BCUT2D eigenvalue weighted by Crippen LogP contribution is 2.25. The molecule has 0 radical (unpaired) electrons. The SMILES string of the molecule is O=C(Nc1n[nH]c2c1CCN(Cc1ccccc1)C2)C(Cl)Cl. The highest BCUT2D eigenvalue weighted by molar-refractivity contribution is 6.54. The smallest absolute Gasteiger partial charge is 0.258 e. The predicted octanol–water partition coefficient (Wildman–Crippen LogP) is 2.71. The minimum atomic E-state index is -1.09. The number of alkyl halides is 2. The molecule has 1 amide bonds. The monoisotopic (exact) mass is 338 g/mol. The van der Waals surface area contributed by atoms with Crippen molar-refractivity contribution in [1.29, 1.82) is 0 Å². The fraction of sp³-hybridized carbons (Fsp3) is 0.333. The zero-order chi connectivity index (χ0) is 15.5. The van der Waals surface area contributed by atoms with Gasteiger partial charge in [0, 0.05) is 25.2 Å². The quantitative estimate of drug-likeness (QED) is 0.842. The molecule has 0 unspecified atom stereocenters. The van der Waals surface area contributed by atoms with Crippen LogP contribution in [0, 0.1) is 0 Å². The molecule has 1 aromatic heterocycles. The summed E-state index contributed by atoms with van der Waals surface area (Å²) in [5.74, 6) is 0.0787. The van der Waals surface area contributed by atoms with E-state index in [9.17, 15) is 4.79 Å². The van der Waals surface area contributed by atoms with Crippen LogP contribution >= 0.6 is 23.2 Å². The largest absolute Gasteiger partial charge is 0.307 e. The molecule has 0 aliphatic carbocycles.